The number of aromatic nitrogens is 3. The fourth-order valence-corrected chi connectivity index (χ4v) is 4.87. The third kappa shape index (κ3) is 4.74. The summed E-state index contributed by atoms with van der Waals surface area (Å²) in [5.41, 5.74) is 2.71. The Kier molecular flexibility index (Phi) is 6.78. The molecule has 10 heteroatoms. The standard InChI is InChI=1S/C27H27F3N4O3/c1-36-16-22-25(17-8-10-21(37-2)11-9-17)26-31-24(33-12-4-7-20(33)15-35)14-23(34(26)32-22)18-5-3-6-19(13-18)27(28,29)30/h3,5-6,8-11,13-14,20,35H,4,7,12,15-16H2,1-2H3/t20-/m0/s1. The number of ether oxygens (including phenoxy) is 2. The highest BCUT2D eigenvalue weighted by Gasteiger charge is 2.32. The molecule has 0 saturated carbocycles. The van der Waals surface area contributed by atoms with E-state index in [0.29, 0.717) is 40.7 Å². The second-order valence-electron chi connectivity index (χ2n) is 8.97. The van der Waals surface area contributed by atoms with E-state index in [1.807, 2.05) is 29.2 Å². The van der Waals surface area contributed by atoms with Crippen LogP contribution in [-0.2, 0) is 17.5 Å². The van der Waals surface area contributed by atoms with Gasteiger partial charge in [-0.1, -0.05) is 24.3 Å². The maximum atomic E-state index is 13.6. The Morgan fingerprint density at radius 3 is 2.51 bits per heavy atom. The highest BCUT2D eigenvalue weighted by Crippen LogP contribution is 2.37. The van der Waals surface area contributed by atoms with Gasteiger partial charge < -0.3 is 19.5 Å². The molecule has 1 aliphatic rings. The molecule has 1 aliphatic heterocycles. The first kappa shape index (κ1) is 25.0. The molecule has 2 aromatic heterocycles. The minimum absolute atomic E-state index is 0.0364. The van der Waals surface area contributed by atoms with Crippen LogP contribution in [0.15, 0.2) is 54.6 Å². The van der Waals surface area contributed by atoms with Crippen LogP contribution in [0.25, 0.3) is 28.0 Å². The van der Waals surface area contributed by atoms with E-state index >= 15 is 0 Å². The minimum Gasteiger partial charge on any atom is -0.497 e. The second kappa shape index (κ2) is 10.0. The number of hydrogen-bond donors (Lipinski definition) is 1. The SMILES string of the molecule is COCc1nn2c(-c3cccc(C(F)(F)F)c3)cc(N3CCC[C@H]3CO)nc2c1-c1ccc(OC)cc1. The van der Waals surface area contributed by atoms with Gasteiger partial charge in [-0.15, -0.1) is 0 Å². The third-order valence-corrected chi connectivity index (χ3v) is 6.68. The van der Waals surface area contributed by atoms with Crippen LogP contribution in [0.1, 0.15) is 24.1 Å². The van der Waals surface area contributed by atoms with E-state index in [-0.39, 0.29) is 19.3 Å². The first-order valence-electron chi connectivity index (χ1n) is 11.9. The van der Waals surface area contributed by atoms with Crippen LogP contribution >= 0.6 is 0 Å². The van der Waals surface area contributed by atoms with Crippen LogP contribution in [-0.4, -0.2) is 53.1 Å². The lowest BCUT2D eigenvalue weighted by molar-refractivity contribution is -0.137. The Labute approximate surface area is 212 Å². The molecule has 3 heterocycles. The van der Waals surface area contributed by atoms with Crippen LogP contribution in [0.2, 0.25) is 0 Å². The molecule has 0 amide bonds. The number of methoxy groups -OCH3 is 2. The summed E-state index contributed by atoms with van der Waals surface area (Å²) in [7, 11) is 3.15. The number of fused-ring (bicyclic) bond motifs is 1. The van der Waals surface area contributed by atoms with Crippen LogP contribution in [0, 0.1) is 0 Å². The fourth-order valence-electron chi connectivity index (χ4n) is 4.87. The topological polar surface area (TPSA) is 72.1 Å². The van der Waals surface area contributed by atoms with Crippen molar-refractivity contribution in [3.8, 4) is 28.1 Å². The molecule has 0 bridgehead atoms. The van der Waals surface area contributed by atoms with Crippen molar-refractivity contribution in [2.75, 3.05) is 32.3 Å². The molecule has 1 N–H and O–H groups in total. The predicted molar refractivity (Wildman–Crippen MR) is 134 cm³/mol. The van der Waals surface area contributed by atoms with Gasteiger partial charge in [0.05, 0.1) is 48.9 Å². The van der Waals surface area contributed by atoms with Crippen molar-refractivity contribution in [2.24, 2.45) is 0 Å². The number of alkyl halides is 3. The number of benzene rings is 2. The summed E-state index contributed by atoms with van der Waals surface area (Å²) < 4.78 is 53.0. The summed E-state index contributed by atoms with van der Waals surface area (Å²) in [6, 6.07) is 14.3. The van der Waals surface area contributed by atoms with Gasteiger partial charge in [-0.3, -0.25) is 0 Å². The van der Waals surface area contributed by atoms with Gasteiger partial charge in [0.15, 0.2) is 5.65 Å². The number of aliphatic hydroxyl groups is 1. The van der Waals surface area contributed by atoms with Crippen molar-refractivity contribution < 1.29 is 27.8 Å². The summed E-state index contributed by atoms with van der Waals surface area (Å²) in [4.78, 5) is 6.95. The molecule has 0 spiro atoms. The highest BCUT2D eigenvalue weighted by molar-refractivity contribution is 5.83. The second-order valence-corrected chi connectivity index (χ2v) is 8.97. The van der Waals surface area contributed by atoms with E-state index < -0.39 is 11.7 Å². The number of hydrogen-bond acceptors (Lipinski definition) is 6. The summed E-state index contributed by atoms with van der Waals surface area (Å²) in [5, 5.41) is 14.7. The lowest BCUT2D eigenvalue weighted by Crippen LogP contribution is -2.32. The number of halogens is 3. The molecule has 7 nitrogen and oxygen atoms in total. The molecule has 0 radical (unpaired) electrons. The lowest BCUT2D eigenvalue weighted by atomic mass is 10.0. The Bertz CT molecular complexity index is 1400. The zero-order chi connectivity index (χ0) is 26.2. The first-order valence-corrected chi connectivity index (χ1v) is 11.9. The molecule has 4 aromatic rings. The Morgan fingerprint density at radius 2 is 1.84 bits per heavy atom. The zero-order valence-electron chi connectivity index (χ0n) is 20.5. The average molecular weight is 513 g/mol. The van der Waals surface area contributed by atoms with Crippen molar-refractivity contribution in [1.29, 1.82) is 0 Å². The summed E-state index contributed by atoms with van der Waals surface area (Å²) >= 11 is 0. The summed E-state index contributed by atoms with van der Waals surface area (Å²) in [6.07, 6.45) is -2.79. The summed E-state index contributed by atoms with van der Waals surface area (Å²) in [6.45, 7) is 0.837. The van der Waals surface area contributed by atoms with Crippen molar-refractivity contribution in [3.63, 3.8) is 0 Å². The maximum absolute atomic E-state index is 13.6. The normalized spacial score (nSPS) is 16.1. The summed E-state index contributed by atoms with van der Waals surface area (Å²) in [5.74, 6) is 1.27. The van der Waals surface area contributed by atoms with E-state index in [1.54, 1.807) is 30.9 Å². The van der Waals surface area contributed by atoms with Crippen molar-refractivity contribution in [2.45, 2.75) is 31.7 Å². The van der Waals surface area contributed by atoms with Gasteiger partial charge in [-0.25, -0.2) is 9.50 Å². The van der Waals surface area contributed by atoms with Gasteiger partial charge in [-0.2, -0.15) is 18.3 Å². The molecule has 1 atom stereocenters. The monoisotopic (exact) mass is 512 g/mol. The van der Waals surface area contributed by atoms with Crippen LogP contribution in [0.3, 0.4) is 0 Å². The van der Waals surface area contributed by atoms with Gasteiger partial charge in [0, 0.05) is 25.3 Å². The van der Waals surface area contributed by atoms with Crippen molar-refractivity contribution in [1.82, 2.24) is 14.6 Å². The number of aliphatic hydroxyl groups excluding tert-OH is 1. The van der Waals surface area contributed by atoms with Crippen LogP contribution in [0.4, 0.5) is 19.0 Å². The Hall–Kier alpha value is -3.63. The number of rotatable bonds is 7. The largest absolute Gasteiger partial charge is 0.497 e. The molecule has 0 unspecified atom stereocenters. The van der Waals surface area contributed by atoms with Crippen molar-refractivity contribution >= 4 is 11.5 Å². The van der Waals surface area contributed by atoms with E-state index in [1.165, 1.54) is 6.07 Å². The molecule has 1 saturated heterocycles. The van der Waals surface area contributed by atoms with Gasteiger partial charge in [0.1, 0.15) is 11.6 Å². The smallest absolute Gasteiger partial charge is 0.416 e. The molecule has 2 aromatic carbocycles. The van der Waals surface area contributed by atoms with Crippen LogP contribution < -0.4 is 9.64 Å². The van der Waals surface area contributed by atoms with Crippen LogP contribution in [0.5, 0.6) is 5.75 Å². The highest BCUT2D eigenvalue weighted by atomic mass is 19.4. The van der Waals surface area contributed by atoms with E-state index in [2.05, 4.69) is 0 Å². The molecule has 5 rings (SSSR count). The minimum atomic E-state index is -4.48. The zero-order valence-corrected chi connectivity index (χ0v) is 20.5. The maximum Gasteiger partial charge on any atom is 0.416 e. The molecule has 0 aliphatic carbocycles. The third-order valence-electron chi connectivity index (χ3n) is 6.68. The van der Waals surface area contributed by atoms with E-state index in [0.717, 1.165) is 36.1 Å². The van der Waals surface area contributed by atoms with Gasteiger partial charge in [0.2, 0.25) is 0 Å². The fraction of sp³-hybridized carbons (Fsp3) is 0.333. The van der Waals surface area contributed by atoms with Crippen molar-refractivity contribution in [3.05, 3.63) is 65.9 Å². The lowest BCUT2D eigenvalue weighted by Gasteiger charge is -2.25. The first-order chi connectivity index (χ1) is 17.8. The van der Waals surface area contributed by atoms with Gasteiger partial charge in [-0.05, 0) is 42.7 Å². The number of nitrogens with zero attached hydrogens (tertiary/aromatic N) is 4. The molecule has 37 heavy (non-hydrogen) atoms. The van der Waals surface area contributed by atoms with Gasteiger partial charge >= 0.3 is 6.18 Å². The van der Waals surface area contributed by atoms with E-state index in [9.17, 15) is 18.3 Å². The Morgan fingerprint density at radius 1 is 1.05 bits per heavy atom. The van der Waals surface area contributed by atoms with Gasteiger partial charge in [0.25, 0.3) is 0 Å². The average Bonchev–Trinajstić information content (AvgIpc) is 3.52. The molecular formula is C27H27F3N4O3. The number of anilines is 1. The predicted octanol–water partition coefficient (Wildman–Crippen LogP) is 5.20. The Balaban J connectivity index is 1.79. The molecule has 194 valence electrons. The quantitative estimate of drug-likeness (QED) is 0.367. The van der Waals surface area contributed by atoms with E-state index in [4.69, 9.17) is 19.6 Å². The molecule has 1 fully saturated rings. The molecular weight excluding hydrogens is 485 g/mol.